The van der Waals surface area contributed by atoms with E-state index < -0.39 is 0 Å². The van der Waals surface area contributed by atoms with Crippen molar-refractivity contribution in [2.75, 3.05) is 13.1 Å². The summed E-state index contributed by atoms with van der Waals surface area (Å²) < 4.78 is 0. The van der Waals surface area contributed by atoms with Crippen LogP contribution in [0, 0.1) is 23.7 Å². The van der Waals surface area contributed by atoms with Gasteiger partial charge in [-0.1, -0.05) is 6.92 Å². The summed E-state index contributed by atoms with van der Waals surface area (Å²) in [5.74, 6) is 3.56. The Morgan fingerprint density at radius 3 is 2.83 bits per heavy atom. The molecule has 1 N–H and O–H groups in total. The van der Waals surface area contributed by atoms with Gasteiger partial charge < -0.3 is 4.90 Å². The maximum atomic E-state index is 12.6. The summed E-state index contributed by atoms with van der Waals surface area (Å²) in [6.07, 6.45) is 8.93. The fourth-order valence-corrected chi connectivity index (χ4v) is 6.44. The Hall–Kier alpha value is -0.370. The number of hydrogen-bond donors (Lipinski definition) is 1. The molecule has 1 spiro atoms. The lowest BCUT2D eigenvalue weighted by Gasteiger charge is -2.62. The highest BCUT2D eigenvalue weighted by atomic mass is 16.1. The van der Waals surface area contributed by atoms with Gasteiger partial charge in [0.1, 0.15) is 11.3 Å². The number of carbonyl (C=O) groups is 1. The first-order valence-electron chi connectivity index (χ1n) is 8.09. The van der Waals surface area contributed by atoms with Gasteiger partial charge in [-0.05, 0) is 43.9 Å². The molecule has 2 aliphatic carbocycles. The summed E-state index contributed by atoms with van der Waals surface area (Å²) in [7, 11) is 0. The summed E-state index contributed by atoms with van der Waals surface area (Å²) in [6, 6.07) is 0. The van der Waals surface area contributed by atoms with Crippen LogP contribution < -0.4 is 4.90 Å². The Balaban J connectivity index is 1.82. The minimum absolute atomic E-state index is 0.397. The molecule has 4 rings (SSSR count). The van der Waals surface area contributed by atoms with E-state index in [0.29, 0.717) is 17.2 Å². The number of carbonyl (C=O) groups excluding carboxylic acids is 1. The van der Waals surface area contributed by atoms with Crippen molar-refractivity contribution in [2.45, 2.75) is 57.4 Å². The SMILES string of the molecule is C[C@@H]1C[C@@H]2CC(=O)[C@H]3CCC[NH+]4CCC[C@H]2C34C1. The van der Waals surface area contributed by atoms with E-state index in [1.807, 2.05) is 4.90 Å². The van der Waals surface area contributed by atoms with Gasteiger partial charge in [0.25, 0.3) is 0 Å². The van der Waals surface area contributed by atoms with Crippen LogP contribution in [-0.4, -0.2) is 24.4 Å². The highest BCUT2D eigenvalue weighted by Crippen LogP contribution is 2.53. The van der Waals surface area contributed by atoms with E-state index in [2.05, 4.69) is 6.92 Å². The molecular weight excluding hydrogens is 222 g/mol. The van der Waals surface area contributed by atoms with Gasteiger partial charge in [-0.3, -0.25) is 4.79 Å². The number of ketones is 1. The van der Waals surface area contributed by atoms with Gasteiger partial charge in [-0.15, -0.1) is 0 Å². The third-order valence-electron chi connectivity index (χ3n) is 6.72. The predicted octanol–water partition coefficient (Wildman–Crippen LogP) is 1.45. The van der Waals surface area contributed by atoms with Gasteiger partial charge in [-0.2, -0.15) is 0 Å². The summed E-state index contributed by atoms with van der Waals surface area (Å²) in [5, 5.41) is 0. The van der Waals surface area contributed by atoms with Crippen molar-refractivity contribution in [3.05, 3.63) is 0 Å². The molecular formula is C16H26NO+. The molecule has 2 heteroatoms. The van der Waals surface area contributed by atoms with Crippen LogP contribution in [0.2, 0.25) is 0 Å². The second-order valence-electron chi connectivity index (χ2n) is 7.56. The maximum Gasteiger partial charge on any atom is 0.142 e. The number of hydrogen-bond acceptors (Lipinski definition) is 1. The van der Waals surface area contributed by atoms with Gasteiger partial charge in [0.05, 0.1) is 19.0 Å². The molecule has 2 saturated heterocycles. The first-order chi connectivity index (χ1) is 8.72. The zero-order chi connectivity index (χ0) is 12.3. The van der Waals surface area contributed by atoms with Crippen molar-refractivity contribution in [1.29, 1.82) is 0 Å². The topological polar surface area (TPSA) is 21.5 Å². The minimum Gasteiger partial charge on any atom is -0.329 e. The smallest absolute Gasteiger partial charge is 0.142 e. The van der Waals surface area contributed by atoms with Crippen molar-refractivity contribution in [3.63, 3.8) is 0 Å². The van der Waals surface area contributed by atoms with Crippen molar-refractivity contribution >= 4 is 5.78 Å². The Kier molecular flexibility index (Phi) is 2.43. The predicted molar refractivity (Wildman–Crippen MR) is 70.4 cm³/mol. The average molecular weight is 248 g/mol. The van der Waals surface area contributed by atoms with Crippen LogP contribution in [0.4, 0.5) is 0 Å². The molecule has 0 radical (unpaired) electrons. The highest BCUT2D eigenvalue weighted by Gasteiger charge is 2.65. The lowest BCUT2D eigenvalue weighted by molar-refractivity contribution is -0.975. The second-order valence-corrected chi connectivity index (χ2v) is 7.56. The third-order valence-corrected chi connectivity index (χ3v) is 6.72. The van der Waals surface area contributed by atoms with E-state index >= 15 is 0 Å². The van der Waals surface area contributed by atoms with E-state index in [1.54, 1.807) is 0 Å². The molecule has 18 heavy (non-hydrogen) atoms. The quantitative estimate of drug-likeness (QED) is 0.688. The average Bonchev–Trinajstić information content (AvgIpc) is 2.33. The summed E-state index contributed by atoms with van der Waals surface area (Å²) >= 11 is 0. The molecule has 0 amide bonds. The summed E-state index contributed by atoms with van der Waals surface area (Å²) in [6.45, 7) is 5.13. The van der Waals surface area contributed by atoms with Crippen LogP contribution in [0.3, 0.4) is 0 Å². The maximum absolute atomic E-state index is 12.6. The molecule has 2 unspecified atom stereocenters. The molecule has 0 aromatic heterocycles. The molecule has 2 heterocycles. The number of piperidine rings is 2. The van der Waals surface area contributed by atoms with Gasteiger partial charge >= 0.3 is 0 Å². The van der Waals surface area contributed by atoms with E-state index in [-0.39, 0.29) is 0 Å². The van der Waals surface area contributed by atoms with Crippen molar-refractivity contribution in [1.82, 2.24) is 0 Å². The molecule has 4 fully saturated rings. The van der Waals surface area contributed by atoms with Crippen LogP contribution in [0.25, 0.3) is 0 Å². The van der Waals surface area contributed by atoms with E-state index in [0.717, 1.165) is 24.2 Å². The third kappa shape index (κ3) is 1.31. The highest BCUT2D eigenvalue weighted by molar-refractivity contribution is 5.84. The second kappa shape index (κ2) is 3.82. The fraction of sp³-hybridized carbons (Fsp3) is 0.938. The Bertz CT molecular complexity index is 377. The van der Waals surface area contributed by atoms with Crippen LogP contribution in [0.5, 0.6) is 0 Å². The molecule has 2 nitrogen and oxygen atoms in total. The lowest BCUT2D eigenvalue weighted by Crippen LogP contribution is -3.25. The molecule has 6 atom stereocenters. The van der Waals surface area contributed by atoms with Crippen molar-refractivity contribution < 1.29 is 9.69 Å². The Labute approximate surface area is 110 Å². The Morgan fingerprint density at radius 1 is 1.22 bits per heavy atom. The number of rotatable bonds is 0. The van der Waals surface area contributed by atoms with Gasteiger partial charge in [-0.25, -0.2) is 0 Å². The monoisotopic (exact) mass is 248 g/mol. The van der Waals surface area contributed by atoms with Crippen LogP contribution in [0.15, 0.2) is 0 Å². The normalized spacial score (nSPS) is 54.9. The van der Waals surface area contributed by atoms with Crippen LogP contribution >= 0.6 is 0 Å². The molecule has 2 aliphatic heterocycles. The van der Waals surface area contributed by atoms with E-state index in [4.69, 9.17) is 0 Å². The van der Waals surface area contributed by atoms with E-state index in [9.17, 15) is 4.79 Å². The number of nitrogens with one attached hydrogen (secondary N) is 1. The van der Waals surface area contributed by atoms with Crippen molar-refractivity contribution in [2.24, 2.45) is 23.7 Å². The molecule has 2 bridgehead atoms. The standard InChI is InChI=1S/C16H25NO/c1-11-8-12-9-15(18)14-5-3-7-17-6-2-4-13(12)16(14,17)10-11/h11-14H,2-10H2,1H3/p+1/t11-,12-,13-,14-,16?/m1/s1. The van der Waals surface area contributed by atoms with Crippen LogP contribution in [-0.2, 0) is 4.79 Å². The zero-order valence-corrected chi connectivity index (χ0v) is 11.6. The zero-order valence-electron chi connectivity index (χ0n) is 11.6. The molecule has 2 saturated carbocycles. The first-order valence-corrected chi connectivity index (χ1v) is 8.09. The lowest BCUT2D eigenvalue weighted by atomic mass is 9.48. The summed E-state index contributed by atoms with van der Waals surface area (Å²) in [5.41, 5.74) is 0.397. The Morgan fingerprint density at radius 2 is 2.00 bits per heavy atom. The number of Topliss-reactive ketones (excluding diaryl/α,β-unsaturated/α-hetero) is 1. The molecule has 100 valence electrons. The number of quaternary nitrogens is 1. The van der Waals surface area contributed by atoms with Gasteiger partial charge in [0.2, 0.25) is 0 Å². The van der Waals surface area contributed by atoms with Gasteiger partial charge in [0.15, 0.2) is 0 Å². The minimum atomic E-state index is 0.397. The molecule has 0 aromatic carbocycles. The summed E-state index contributed by atoms with van der Waals surface area (Å²) in [4.78, 5) is 14.4. The fourth-order valence-electron chi connectivity index (χ4n) is 6.44. The molecule has 0 aromatic rings. The largest absolute Gasteiger partial charge is 0.329 e. The molecule has 4 aliphatic rings. The first kappa shape index (κ1) is 11.5. The van der Waals surface area contributed by atoms with E-state index in [1.165, 1.54) is 51.6 Å². The van der Waals surface area contributed by atoms with Crippen molar-refractivity contribution in [3.8, 4) is 0 Å². The van der Waals surface area contributed by atoms with Crippen LogP contribution in [0.1, 0.15) is 51.9 Å². The van der Waals surface area contributed by atoms with Gasteiger partial charge in [0, 0.05) is 18.8 Å².